The van der Waals surface area contributed by atoms with Crippen molar-refractivity contribution < 1.29 is 18.0 Å². The quantitative estimate of drug-likeness (QED) is 0.706. The Morgan fingerprint density at radius 2 is 2.00 bits per heavy atom. The number of amides is 1. The number of furan rings is 1. The Labute approximate surface area is 143 Å². The average Bonchev–Trinajstić information content (AvgIpc) is 3.11. The van der Waals surface area contributed by atoms with Crippen LogP contribution in [0, 0.1) is 11.6 Å². The normalized spacial score (nSPS) is 10.7. The van der Waals surface area contributed by atoms with Crippen molar-refractivity contribution in [3.05, 3.63) is 77.7 Å². The molecule has 0 spiro atoms. The van der Waals surface area contributed by atoms with Crippen molar-refractivity contribution >= 4 is 5.91 Å². The number of rotatable bonds is 5. The topological polar surface area (TPSA) is 46.3 Å². The van der Waals surface area contributed by atoms with Crippen molar-refractivity contribution in [2.75, 3.05) is 13.6 Å². The van der Waals surface area contributed by atoms with Crippen LogP contribution in [0.15, 0.2) is 59.1 Å². The van der Waals surface area contributed by atoms with Gasteiger partial charge in [0.05, 0.1) is 0 Å². The number of carbonyl (C=O) groups excluding carboxylic acids is 1. The lowest BCUT2D eigenvalue weighted by Gasteiger charge is -2.16. The predicted molar refractivity (Wildman–Crippen MR) is 89.0 cm³/mol. The lowest BCUT2D eigenvalue weighted by Crippen LogP contribution is -2.28. The van der Waals surface area contributed by atoms with E-state index in [0.29, 0.717) is 17.0 Å². The zero-order chi connectivity index (χ0) is 17.8. The Morgan fingerprint density at radius 3 is 2.72 bits per heavy atom. The Hall–Kier alpha value is -3.02. The number of halogens is 2. The highest BCUT2D eigenvalue weighted by Crippen LogP contribution is 2.20. The summed E-state index contributed by atoms with van der Waals surface area (Å²) in [6.07, 6.45) is 1.92. The Bertz CT molecular complexity index is 878. The Morgan fingerprint density at radius 1 is 1.16 bits per heavy atom. The molecule has 1 amide bonds. The van der Waals surface area contributed by atoms with Crippen LogP contribution in [0.1, 0.15) is 16.1 Å². The van der Waals surface area contributed by atoms with Crippen molar-refractivity contribution in [1.29, 1.82) is 0 Å². The van der Waals surface area contributed by atoms with E-state index in [1.165, 1.54) is 17.0 Å². The summed E-state index contributed by atoms with van der Waals surface area (Å²) in [6.45, 7) is 0.279. The fraction of sp³-hybridized carbons (Fsp3) is 0.158. The number of hydrogen-bond acceptors (Lipinski definition) is 3. The maximum atomic E-state index is 13.6. The number of likely N-dealkylation sites (N-methyl/N-ethyl adjacent to an activating group) is 1. The summed E-state index contributed by atoms with van der Waals surface area (Å²) < 4.78 is 32.1. The maximum absolute atomic E-state index is 13.6. The molecule has 0 aliphatic rings. The van der Waals surface area contributed by atoms with E-state index < -0.39 is 11.6 Å². The minimum atomic E-state index is -0.622. The first-order valence-electron chi connectivity index (χ1n) is 7.75. The van der Waals surface area contributed by atoms with Crippen molar-refractivity contribution in [3.63, 3.8) is 0 Å². The molecule has 2 heterocycles. The van der Waals surface area contributed by atoms with Gasteiger partial charge < -0.3 is 9.32 Å². The van der Waals surface area contributed by atoms with Crippen LogP contribution in [0.3, 0.4) is 0 Å². The van der Waals surface area contributed by atoms with E-state index in [-0.39, 0.29) is 24.6 Å². The van der Waals surface area contributed by atoms with Gasteiger partial charge in [-0.3, -0.25) is 9.78 Å². The Kier molecular flexibility index (Phi) is 4.88. The minimum Gasteiger partial charge on any atom is -0.449 e. The van der Waals surface area contributed by atoms with Gasteiger partial charge in [-0.15, -0.1) is 0 Å². The third-order valence-electron chi connectivity index (χ3n) is 3.81. The van der Waals surface area contributed by atoms with Crippen LogP contribution in [-0.2, 0) is 6.42 Å². The average molecular weight is 342 g/mol. The largest absolute Gasteiger partial charge is 0.449 e. The van der Waals surface area contributed by atoms with E-state index in [0.717, 1.165) is 6.07 Å². The molecule has 0 saturated carbocycles. The van der Waals surface area contributed by atoms with Gasteiger partial charge in [0.25, 0.3) is 5.91 Å². The summed E-state index contributed by atoms with van der Waals surface area (Å²) in [4.78, 5) is 18.0. The highest BCUT2D eigenvalue weighted by molar-refractivity contribution is 5.91. The highest BCUT2D eigenvalue weighted by Gasteiger charge is 2.17. The van der Waals surface area contributed by atoms with Crippen molar-refractivity contribution in [2.24, 2.45) is 0 Å². The Balaban J connectivity index is 1.65. The molecule has 0 fully saturated rings. The lowest BCUT2D eigenvalue weighted by molar-refractivity contribution is 0.0765. The molecule has 0 N–H and O–H groups in total. The fourth-order valence-corrected chi connectivity index (χ4v) is 2.40. The lowest BCUT2D eigenvalue weighted by atomic mass is 10.1. The minimum absolute atomic E-state index is 0.183. The molecule has 0 saturated heterocycles. The monoisotopic (exact) mass is 342 g/mol. The first kappa shape index (κ1) is 16.8. The van der Waals surface area contributed by atoms with Gasteiger partial charge >= 0.3 is 0 Å². The molecule has 25 heavy (non-hydrogen) atoms. The molecule has 128 valence electrons. The zero-order valence-electron chi connectivity index (χ0n) is 13.6. The van der Waals surface area contributed by atoms with Crippen LogP contribution in [0.25, 0.3) is 11.5 Å². The smallest absolute Gasteiger partial charge is 0.289 e. The molecule has 0 aliphatic heterocycles. The van der Waals surface area contributed by atoms with Crippen LogP contribution in [0.5, 0.6) is 0 Å². The molecule has 0 radical (unpaired) electrons. The number of carbonyl (C=O) groups is 1. The van der Waals surface area contributed by atoms with Crippen molar-refractivity contribution in [2.45, 2.75) is 6.42 Å². The molecule has 3 rings (SSSR count). The second-order valence-corrected chi connectivity index (χ2v) is 5.59. The first-order valence-corrected chi connectivity index (χ1v) is 7.75. The van der Waals surface area contributed by atoms with Gasteiger partial charge in [-0.05, 0) is 42.3 Å². The third kappa shape index (κ3) is 3.91. The summed E-state index contributed by atoms with van der Waals surface area (Å²) in [7, 11) is 1.60. The first-order chi connectivity index (χ1) is 12.0. The van der Waals surface area contributed by atoms with E-state index in [1.807, 2.05) is 6.07 Å². The van der Waals surface area contributed by atoms with E-state index in [2.05, 4.69) is 4.98 Å². The molecule has 1 aromatic carbocycles. The van der Waals surface area contributed by atoms with Crippen molar-refractivity contribution in [1.82, 2.24) is 9.88 Å². The van der Waals surface area contributed by atoms with Gasteiger partial charge in [-0.1, -0.05) is 12.1 Å². The number of aromatic nitrogens is 1. The predicted octanol–water partition coefficient (Wildman–Crippen LogP) is 3.93. The summed E-state index contributed by atoms with van der Waals surface area (Å²) in [5.41, 5.74) is 0.993. The van der Waals surface area contributed by atoms with Gasteiger partial charge in [0.15, 0.2) is 11.5 Å². The molecule has 3 aromatic rings. The number of benzene rings is 1. The van der Waals surface area contributed by atoms with Gasteiger partial charge in [-0.2, -0.15) is 0 Å². The molecule has 0 atom stereocenters. The number of hydrogen-bond donors (Lipinski definition) is 0. The highest BCUT2D eigenvalue weighted by atomic mass is 19.1. The maximum Gasteiger partial charge on any atom is 0.289 e. The molecule has 0 unspecified atom stereocenters. The van der Waals surface area contributed by atoms with Gasteiger partial charge in [0.2, 0.25) is 0 Å². The summed E-state index contributed by atoms with van der Waals surface area (Å²) in [5.74, 6) is -0.867. The summed E-state index contributed by atoms with van der Waals surface area (Å²) >= 11 is 0. The number of nitrogens with zero attached hydrogens (tertiary/aromatic N) is 2. The molecular weight excluding hydrogens is 326 g/mol. The van der Waals surface area contributed by atoms with Gasteiger partial charge in [-0.25, -0.2) is 8.78 Å². The second kappa shape index (κ2) is 7.25. The molecule has 0 bridgehead atoms. The molecule has 4 nitrogen and oxygen atoms in total. The third-order valence-corrected chi connectivity index (χ3v) is 3.81. The fourth-order valence-electron chi connectivity index (χ4n) is 2.40. The van der Waals surface area contributed by atoms with Crippen LogP contribution in [0.4, 0.5) is 8.78 Å². The molecule has 0 aliphatic carbocycles. The zero-order valence-corrected chi connectivity index (χ0v) is 13.6. The van der Waals surface area contributed by atoms with Crippen LogP contribution < -0.4 is 0 Å². The SMILES string of the molecule is CN(CCc1ccc(F)cc1F)C(=O)c1ccc(-c2ccccn2)o1. The number of pyridine rings is 1. The van der Waals surface area contributed by atoms with E-state index in [4.69, 9.17) is 4.42 Å². The summed E-state index contributed by atoms with van der Waals surface area (Å²) in [6, 6.07) is 12.1. The van der Waals surface area contributed by atoms with Crippen LogP contribution in [-0.4, -0.2) is 29.4 Å². The van der Waals surface area contributed by atoms with Gasteiger partial charge in [0, 0.05) is 25.9 Å². The standard InChI is InChI=1S/C19H16F2N2O2/c1-23(11-9-13-5-6-14(20)12-15(13)21)19(24)18-8-7-17(25-18)16-4-2-3-10-22-16/h2-8,10,12H,9,11H2,1H3. The molecule has 6 heteroatoms. The van der Waals surface area contributed by atoms with Crippen LogP contribution >= 0.6 is 0 Å². The second-order valence-electron chi connectivity index (χ2n) is 5.59. The van der Waals surface area contributed by atoms with E-state index in [9.17, 15) is 13.6 Å². The van der Waals surface area contributed by atoms with E-state index >= 15 is 0 Å². The summed E-state index contributed by atoms with van der Waals surface area (Å²) in [5, 5.41) is 0. The van der Waals surface area contributed by atoms with E-state index in [1.54, 1.807) is 37.5 Å². The van der Waals surface area contributed by atoms with Crippen LogP contribution in [0.2, 0.25) is 0 Å². The van der Waals surface area contributed by atoms with Crippen molar-refractivity contribution in [3.8, 4) is 11.5 Å². The molecule has 2 aromatic heterocycles. The van der Waals surface area contributed by atoms with Gasteiger partial charge in [0.1, 0.15) is 17.3 Å². The molecular formula is C19H16F2N2O2.